The molecule has 0 spiro atoms. The Hall–Kier alpha value is -3.12. The lowest BCUT2D eigenvalue weighted by atomic mass is 9.95. The van der Waals surface area contributed by atoms with Gasteiger partial charge < -0.3 is 5.11 Å². The lowest BCUT2D eigenvalue weighted by Crippen LogP contribution is -2.31. The third-order valence-corrected chi connectivity index (χ3v) is 6.46. The van der Waals surface area contributed by atoms with Crippen molar-refractivity contribution in [1.29, 1.82) is 0 Å². The second-order valence-corrected chi connectivity index (χ2v) is 7.97. The summed E-state index contributed by atoms with van der Waals surface area (Å²) in [6.07, 6.45) is 0.670. The van der Waals surface area contributed by atoms with E-state index in [0.29, 0.717) is 22.8 Å². The molecule has 26 heavy (non-hydrogen) atoms. The topological polar surface area (TPSA) is 74.7 Å². The molecule has 4 rings (SSSR count). The Balaban J connectivity index is 2.17. The van der Waals surface area contributed by atoms with Gasteiger partial charge in [-0.2, -0.15) is 0 Å². The molecule has 0 saturated carbocycles. The minimum Gasteiger partial charge on any atom is -0.505 e. The largest absolute Gasteiger partial charge is 0.505 e. The molecular formula is C20H15NO4S. The molecule has 0 aromatic heterocycles. The van der Waals surface area contributed by atoms with E-state index in [2.05, 4.69) is 0 Å². The summed E-state index contributed by atoms with van der Waals surface area (Å²) in [5.74, 6) is -0.169. The fraction of sp³-hybridized carbons (Fsp3) is 0.0500. The summed E-state index contributed by atoms with van der Waals surface area (Å²) in [5.41, 5.74) is 1.04. The number of benzene rings is 3. The molecule has 3 aromatic rings. The second-order valence-electron chi connectivity index (χ2n) is 6.03. The fourth-order valence-electron chi connectivity index (χ4n) is 3.36. The van der Waals surface area contributed by atoms with Crippen molar-refractivity contribution in [3.63, 3.8) is 0 Å². The molecular weight excluding hydrogens is 350 g/mol. The van der Waals surface area contributed by atoms with Crippen molar-refractivity contribution in [3.8, 4) is 0 Å². The van der Waals surface area contributed by atoms with Crippen molar-refractivity contribution in [1.82, 2.24) is 4.31 Å². The van der Waals surface area contributed by atoms with Crippen molar-refractivity contribution >= 4 is 38.5 Å². The van der Waals surface area contributed by atoms with E-state index < -0.39 is 10.0 Å². The molecule has 1 aliphatic heterocycles. The van der Waals surface area contributed by atoms with E-state index in [-0.39, 0.29) is 21.9 Å². The lowest BCUT2D eigenvalue weighted by molar-refractivity contribution is 0.112. The molecule has 5 nitrogen and oxygen atoms in total. The molecule has 0 bridgehead atoms. The number of aliphatic hydroxyl groups is 1. The minimum absolute atomic E-state index is 0.0386. The monoisotopic (exact) mass is 365 g/mol. The number of carbonyl (C=O) groups excluding carboxylic acids is 1. The van der Waals surface area contributed by atoms with Crippen LogP contribution in [0.3, 0.4) is 0 Å². The van der Waals surface area contributed by atoms with E-state index in [1.165, 1.54) is 13.1 Å². The number of nitrogens with zero attached hydrogens (tertiary/aromatic N) is 1. The molecule has 0 fully saturated rings. The van der Waals surface area contributed by atoms with Crippen molar-refractivity contribution in [2.45, 2.75) is 4.90 Å². The average Bonchev–Trinajstić information content (AvgIpc) is 2.67. The molecule has 1 aliphatic rings. The van der Waals surface area contributed by atoms with Crippen molar-refractivity contribution < 1.29 is 18.3 Å². The Bertz CT molecular complexity index is 1200. The molecule has 3 aromatic carbocycles. The van der Waals surface area contributed by atoms with Gasteiger partial charge in [-0.15, -0.1) is 0 Å². The van der Waals surface area contributed by atoms with Crippen LogP contribution < -0.4 is 0 Å². The predicted octanol–water partition coefficient (Wildman–Crippen LogP) is 3.67. The van der Waals surface area contributed by atoms with E-state index in [9.17, 15) is 18.3 Å². The number of hydrogen-bond donors (Lipinski definition) is 1. The molecule has 0 amide bonds. The van der Waals surface area contributed by atoms with Gasteiger partial charge in [-0.05, 0) is 22.9 Å². The molecule has 6 heteroatoms. The zero-order valence-electron chi connectivity index (χ0n) is 13.9. The maximum atomic E-state index is 13.0. The van der Waals surface area contributed by atoms with Gasteiger partial charge >= 0.3 is 0 Å². The van der Waals surface area contributed by atoms with E-state index in [0.717, 1.165) is 9.69 Å². The van der Waals surface area contributed by atoms with Gasteiger partial charge in [0.1, 0.15) is 11.5 Å². The summed E-state index contributed by atoms with van der Waals surface area (Å²) in [5, 5.41) is 12.5. The fourth-order valence-corrected chi connectivity index (χ4v) is 4.76. The molecule has 130 valence electrons. The van der Waals surface area contributed by atoms with E-state index in [4.69, 9.17) is 0 Å². The van der Waals surface area contributed by atoms with Crippen molar-refractivity contribution in [2.24, 2.45) is 0 Å². The van der Waals surface area contributed by atoms with Gasteiger partial charge in [-0.1, -0.05) is 48.5 Å². The van der Waals surface area contributed by atoms with Crippen LogP contribution in [0.5, 0.6) is 0 Å². The maximum Gasteiger partial charge on any atom is 0.264 e. The van der Waals surface area contributed by atoms with Gasteiger partial charge in [0, 0.05) is 23.7 Å². The first-order valence-corrected chi connectivity index (χ1v) is 9.39. The van der Waals surface area contributed by atoms with Crippen LogP contribution in [0.1, 0.15) is 21.5 Å². The Kier molecular flexibility index (Phi) is 3.59. The number of aliphatic hydroxyl groups excluding tert-OH is 1. The number of aldehydes is 1. The Labute approximate surface area is 150 Å². The van der Waals surface area contributed by atoms with Gasteiger partial charge in [-0.3, -0.25) is 9.10 Å². The van der Waals surface area contributed by atoms with Crippen LogP contribution in [0.4, 0.5) is 0 Å². The Morgan fingerprint density at radius 2 is 1.65 bits per heavy atom. The highest BCUT2D eigenvalue weighted by Crippen LogP contribution is 2.41. The predicted molar refractivity (Wildman–Crippen MR) is 100 cm³/mol. The summed E-state index contributed by atoms with van der Waals surface area (Å²) < 4.78 is 27.0. The minimum atomic E-state index is -3.85. The maximum absolute atomic E-state index is 13.0. The van der Waals surface area contributed by atoms with E-state index >= 15 is 0 Å². The first-order valence-electron chi connectivity index (χ1n) is 7.95. The van der Waals surface area contributed by atoms with Crippen LogP contribution in [0.2, 0.25) is 0 Å². The zero-order chi connectivity index (χ0) is 18.5. The van der Waals surface area contributed by atoms with E-state index in [1.807, 2.05) is 18.2 Å². The number of sulfonamides is 1. The molecule has 0 atom stereocenters. The molecule has 0 saturated heterocycles. The smallest absolute Gasteiger partial charge is 0.264 e. The third kappa shape index (κ3) is 2.16. The first-order chi connectivity index (χ1) is 12.5. The van der Waals surface area contributed by atoms with Crippen LogP contribution in [-0.2, 0) is 10.0 Å². The third-order valence-electron chi connectivity index (χ3n) is 4.64. The van der Waals surface area contributed by atoms with Crippen LogP contribution >= 0.6 is 0 Å². The highest BCUT2D eigenvalue weighted by Gasteiger charge is 2.36. The summed E-state index contributed by atoms with van der Waals surface area (Å²) in [4.78, 5) is 11.7. The first kappa shape index (κ1) is 16.4. The van der Waals surface area contributed by atoms with Gasteiger partial charge in [0.2, 0.25) is 0 Å². The quantitative estimate of drug-likeness (QED) is 0.703. The second kappa shape index (κ2) is 5.71. The van der Waals surface area contributed by atoms with E-state index in [1.54, 1.807) is 36.4 Å². The van der Waals surface area contributed by atoms with Crippen molar-refractivity contribution in [3.05, 3.63) is 77.4 Å². The highest BCUT2D eigenvalue weighted by molar-refractivity contribution is 7.89. The molecule has 1 heterocycles. The SMILES string of the molecule is CN1C(c2c(C=O)ccc3ccccc23)=C(O)c2ccccc2S1(=O)=O. The van der Waals surface area contributed by atoms with Gasteiger partial charge in [0.15, 0.2) is 6.29 Å². The van der Waals surface area contributed by atoms with Crippen LogP contribution in [0.15, 0.2) is 65.6 Å². The summed E-state index contributed by atoms with van der Waals surface area (Å²) in [7, 11) is -2.46. The molecule has 0 radical (unpaired) electrons. The van der Waals surface area contributed by atoms with Crippen molar-refractivity contribution in [2.75, 3.05) is 7.05 Å². The number of hydrogen-bond acceptors (Lipinski definition) is 4. The molecule has 0 aliphatic carbocycles. The van der Waals surface area contributed by atoms with Crippen LogP contribution in [0.25, 0.3) is 22.2 Å². The normalized spacial score (nSPS) is 15.8. The standard InChI is InChI=1S/C20H15NO4S/c1-21-19(20(23)16-8-4-5-9-17(16)26(21,24)25)18-14(12-22)11-10-13-6-2-3-7-15(13)18/h2-12,23H,1H3. The van der Waals surface area contributed by atoms with Gasteiger partial charge in [-0.25, -0.2) is 8.42 Å². The number of fused-ring (bicyclic) bond motifs is 2. The Morgan fingerprint density at radius 1 is 0.962 bits per heavy atom. The summed E-state index contributed by atoms with van der Waals surface area (Å²) >= 11 is 0. The molecule has 0 unspecified atom stereocenters. The van der Waals surface area contributed by atoms with Gasteiger partial charge in [0.25, 0.3) is 10.0 Å². The number of rotatable bonds is 2. The van der Waals surface area contributed by atoms with Crippen LogP contribution in [-0.4, -0.2) is 31.2 Å². The lowest BCUT2D eigenvalue weighted by Gasteiger charge is -2.30. The van der Waals surface area contributed by atoms with Gasteiger partial charge in [0.05, 0.1) is 4.90 Å². The molecule has 1 N–H and O–H groups in total. The number of carbonyl (C=O) groups is 1. The summed E-state index contributed by atoms with van der Waals surface area (Å²) in [6.45, 7) is 0. The summed E-state index contributed by atoms with van der Waals surface area (Å²) in [6, 6.07) is 17.1. The van der Waals surface area contributed by atoms with Crippen LogP contribution in [0, 0.1) is 0 Å². The Morgan fingerprint density at radius 3 is 2.42 bits per heavy atom. The zero-order valence-corrected chi connectivity index (χ0v) is 14.7. The average molecular weight is 365 g/mol. The highest BCUT2D eigenvalue weighted by atomic mass is 32.2.